The number of rotatable bonds is 7. The van der Waals surface area contributed by atoms with Gasteiger partial charge in [-0.3, -0.25) is 9.69 Å². The first-order chi connectivity index (χ1) is 14.0. The van der Waals surface area contributed by atoms with Crippen molar-refractivity contribution >= 4 is 28.2 Å². The molecular formula is C22H29N3O3S. The van der Waals surface area contributed by atoms with E-state index in [1.54, 1.807) is 6.92 Å². The molecule has 0 unspecified atom stereocenters. The van der Waals surface area contributed by atoms with Crippen molar-refractivity contribution in [2.75, 3.05) is 45.7 Å². The predicted molar refractivity (Wildman–Crippen MR) is 117 cm³/mol. The number of nitrogens with zero attached hydrogens (tertiary/aromatic N) is 2. The van der Waals surface area contributed by atoms with Crippen molar-refractivity contribution < 1.29 is 14.3 Å². The minimum absolute atomic E-state index is 0.113. The molecule has 0 saturated carbocycles. The van der Waals surface area contributed by atoms with Gasteiger partial charge in [0.15, 0.2) is 0 Å². The Morgan fingerprint density at radius 1 is 1.24 bits per heavy atom. The Bertz CT molecular complexity index is 829. The first kappa shape index (κ1) is 21.5. The standard InChI is InChI=1S/C22H29N3O3S/c1-4-28-22(27)20-18(16-8-6-5-7-9-16)15-29-21(20)23-19(26)14-25(3)17-10-12-24(2)13-11-17/h5-9,15,17H,4,10-14H2,1-3H3,(H,23,26). The van der Waals surface area contributed by atoms with Gasteiger partial charge < -0.3 is 15.0 Å². The third kappa shape index (κ3) is 5.44. The number of ether oxygens (including phenoxy) is 1. The van der Waals surface area contributed by atoms with Crippen LogP contribution >= 0.6 is 11.3 Å². The summed E-state index contributed by atoms with van der Waals surface area (Å²) in [5.41, 5.74) is 2.14. The van der Waals surface area contributed by atoms with E-state index in [0.717, 1.165) is 37.1 Å². The monoisotopic (exact) mass is 415 g/mol. The van der Waals surface area contributed by atoms with E-state index < -0.39 is 5.97 Å². The molecule has 1 N–H and O–H groups in total. The molecule has 156 valence electrons. The highest BCUT2D eigenvalue weighted by molar-refractivity contribution is 7.15. The van der Waals surface area contributed by atoms with Gasteiger partial charge in [0.25, 0.3) is 0 Å². The number of benzene rings is 1. The van der Waals surface area contributed by atoms with E-state index in [9.17, 15) is 9.59 Å². The van der Waals surface area contributed by atoms with E-state index in [-0.39, 0.29) is 12.5 Å². The zero-order chi connectivity index (χ0) is 20.8. The Morgan fingerprint density at radius 2 is 1.93 bits per heavy atom. The predicted octanol–water partition coefficient (Wildman–Crippen LogP) is 3.56. The molecule has 2 aromatic rings. The molecule has 1 aromatic carbocycles. The van der Waals surface area contributed by atoms with Crippen molar-refractivity contribution in [3.05, 3.63) is 41.3 Å². The van der Waals surface area contributed by atoms with Gasteiger partial charge in [0.1, 0.15) is 10.6 Å². The molecule has 1 aliphatic heterocycles. The maximum Gasteiger partial charge on any atom is 0.341 e. The van der Waals surface area contributed by atoms with E-state index in [2.05, 4.69) is 22.2 Å². The quantitative estimate of drug-likeness (QED) is 0.701. The summed E-state index contributed by atoms with van der Waals surface area (Å²) in [6.45, 7) is 4.47. The molecule has 7 heteroatoms. The number of amides is 1. The molecule has 2 heterocycles. The molecule has 3 rings (SSSR count). The summed E-state index contributed by atoms with van der Waals surface area (Å²) in [6.07, 6.45) is 2.12. The average molecular weight is 416 g/mol. The number of esters is 1. The van der Waals surface area contributed by atoms with Gasteiger partial charge >= 0.3 is 5.97 Å². The Labute approximate surface area is 176 Å². The smallest absolute Gasteiger partial charge is 0.341 e. The van der Waals surface area contributed by atoms with Gasteiger partial charge in [-0.15, -0.1) is 11.3 Å². The zero-order valence-corrected chi connectivity index (χ0v) is 18.1. The molecule has 0 aliphatic carbocycles. The molecule has 0 bridgehead atoms. The third-order valence-corrected chi connectivity index (χ3v) is 6.21. The molecule has 1 saturated heterocycles. The van der Waals surface area contributed by atoms with Crippen molar-refractivity contribution in [3.8, 4) is 11.1 Å². The van der Waals surface area contributed by atoms with Crippen LogP contribution in [-0.4, -0.2) is 68.1 Å². The maximum absolute atomic E-state index is 12.7. The Balaban J connectivity index is 1.73. The summed E-state index contributed by atoms with van der Waals surface area (Å²) in [6, 6.07) is 10.1. The highest BCUT2D eigenvalue weighted by Gasteiger charge is 2.25. The molecule has 0 atom stereocenters. The van der Waals surface area contributed by atoms with Gasteiger partial charge in [0.2, 0.25) is 5.91 Å². The fourth-order valence-corrected chi connectivity index (χ4v) is 4.62. The number of piperidine rings is 1. The topological polar surface area (TPSA) is 61.9 Å². The lowest BCUT2D eigenvalue weighted by atomic mass is 10.0. The van der Waals surface area contributed by atoms with Crippen molar-refractivity contribution in [1.82, 2.24) is 9.80 Å². The molecule has 1 aliphatic rings. The number of carbonyl (C=O) groups is 2. The number of nitrogens with one attached hydrogen (secondary N) is 1. The SMILES string of the molecule is CCOC(=O)c1c(-c2ccccc2)csc1NC(=O)CN(C)C1CCN(C)CC1. The normalized spacial score (nSPS) is 15.4. The maximum atomic E-state index is 12.7. The minimum atomic E-state index is -0.411. The summed E-state index contributed by atoms with van der Waals surface area (Å²) < 4.78 is 5.26. The van der Waals surface area contributed by atoms with Crippen LogP contribution in [-0.2, 0) is 9.53 Å². The van der Waals surface area contributed by atoms with Gasteiger partial charge in [0.05, 0.1) is 13.2 Å². The Morgan fingerprint density at radius 3 is 2.59 bits per heavy atom. The minimum Gasteiger partial charge on any atom is -0.462 e. The van der Waals surface area contributed by atoms with Gasteiger partial charge in [-0.2, -0.15) is 0 Å². The van der Waals surface area contributed by atoms with Gasteiger partial charge in [-0.1, -0.05) is 30.3 Å². The number of thiophene rings is 1. The fraction of sp³-hybridized carbons (Fsp3) is 0.455. The van der Waals surface area contributed by atoms with Gasteiger partial charge in [0, 0.05) is 17.0 Å². The molecular weight excluding hydrogens is 386 g/mol. The van der Waals surface area contributed by atoms with Crippen molar-refractivity contribution in [2.24, 2.45) is 0 Å². The number of hydrogen-bond acceptors (Lipinski definition) is 6. The second-order valence-electron chi connectivity index (χ2n) is 7.44. The van der Waals surface area contributed by atoms with E-state index >= 15 is 0 Å². The molecule has 1 amide bonds. The summed E-state index contributed by atoms with van der Waals surface area (Å²) in [5, 5.41) is 5.39. The van der Waals surface area contributed by atoms with Crippen LogP contribution in [0.4, 0.5) is 5.00 Å². The number of hydrogen-bond donors (Lipinski definition) is 1. The van der Waals surface area contributed by atoms with Gasteiger partial charge in [-0.25, -0.2) is 4.79 Å². The summed E-state index contributed by atoms with van der Waals surface area (Å²) in [7, 11) is 4.12. The van der Waals surface area contributed by atoms with E-state index in [1.807, 2.05) is 42.8 Å². The highest BCUT2D eigenvalue weighted by atomic mass is 32.1. The Hall–Kier alpha value is -2.22. The largest absolute Gasteiger partial charge is 0.462 e. The van der Waals surface area contributed by atoms with Crippen LogP contribution in [0.1, 0.15) is 30.1 Å². The third-order valence-electron chi connectivity index (χ3n) is 5.31. The van der Waals surface area contributed by atoms with Crippen molar-refractivity contribution in [2.45, 2.75) is 25.8 Å². The molecule has 0 radical (unpaired) electrons. The molecule has 1 fully saturated rings. The molecule has 1 aromatic heterocycles. The lowest BCUT2D eigenvalue weighted by molar-refractivity contribution is -0.117. The van der Waals surface area contributed by atoms with Crippen LogP contribution in [0.25, 0.3) is 11.1 Å². The van der Waals surface area contributed by atoms with Gasteiger partial charge in [-0.05, 0) is 52.5 Å². The second kappa shape index (κ2) is 10.0. The lowest BCUT2D eigenvalue weighted by Gasteiger charge is -2.34. The average Bonchev–Trinajstić information content (AvgIpc) is 3.12. The summed E-state index contributed by atoms with van der Waals surface area (Å²) in [4.78, 5) is 29.7. The van der Waals surface area contributed by atoms with Crippen molar-refractivity contribution in [1.29, 1.82) is 0 Å². The lowest BCUT2D eigenvalue weighted by Crippen LogP contribution is -2.44. The number of anilines is 1. The number of likely N-dealkylation sites (N-methyl/N-ethyl adjacent to an activating group) is 1. The zero-order valence-electron chi connectivity index (χ0n) is 17.3. The van der Waals surface area contributed by atoms with Crippen LogP contribution in [0, 0.1) is 0 Å². The molecule has 29 heavy (non-hydrogen) atoms. The van der Waals surface area contributed by atoms with Crippen LogP contribution in [0.3, 0.4) is 0 Å². The number of likely N-dealkylation sites (tertiary alicyclic amines) is 1. The summed E-state index contributed by atoms with van der Waals surface area (Å²) >= 11 is 1.36. The first-order valence-electron chi connectivity index (χ1n) is 10.0. The van der Waals surface area contributed by atoms with Crippen molar-refractivity contribution in [3.63, 3.8) is 0 Å². The first-order valence-corrected chi connectivity index (χ1v) is 10.9. The van der Waals surface area contributed by atoms with Crippen LogP contribution in [0.5, 0.6) is 0 Å². The van der Waals surface area contributed by atoms with Crippen LogP contribution < -0.4 is 5.32 Å². The molecule has 0 spiro atoms. The van der Waals surface area contributed by atoms with Crippen LogP contribution in [0.15, 0.2) is 35.7 Å². The van der Waals surface area contributed by atoms with Crippen LogP contribution in [0.2, 0.25) is 0 Å². The van der Waals surface area contributed by atoms with E-state index in [4.69, 9.17) is 4.74 Å². The highest BCUT2D eigenvalue weighted by Crippen LogP contribution is 2.36. The van der Waals surface area contributed by atoms with E-state index in [0.29, 0.717) is 23.2 Å². The second-order valence-corrected chi connectivity index (χ2v) is 8.32. The Kier molecular flexibility index (Phi) is 7.41. The fourth-order valence-electron chi connectivity index (χ4n) is 3.64. The summed E-state index contributed by atoms with van der Waals surface area (Å²) in [5.74, 6) is -0.523. The number of carbonyl (C=O) groups excluding carboxylic acids is 2. The molecule has 6 nitrogen and oxygen atoms in total. The van der Waals surface area contributed by atoms with E-state index in [1.165, 1.54) is 11.3 Å².